The van der Waals surface area contributed by atoms with Crippen LogP contribution in [0.4, 0.5) is 11.4 Å². The first-order valence-electron chi connectivity index (χ1n) is 13.1. The van der Waals surface area contributed by atoms with Gasteiger partial charge in [-0.1, -0.05) is 66.7 Å². The maximum atomic E-state index is 13.5. The van der Waals surface area contributed by atoms with Gasteiger partial charge in [-0.15, -0.1) is 0 Å². The van der Waals surface area contributed by atoms with E-state index in [1.165, 1.54) is 12.1 Å². The summed E-state index contributed by atoms with van der Waals surface area (Å²) in [4.78, 5) is 50.6. The number of carbonyl (C=O) groups is 2. The summed E-state index contributed by atoms with van der Waals surface area (Å²) in [5, 5.41) is 26.5. The topological polar surface area (TPSA) is 120 Å². The third kappa shape index (κ3) is 3.00. The number of nitro groups is 2. The van der Waals surface area contributed by atoms with E-state index >= 15 is 0 Å². The number of ketones is 2. The summed E-state index contributed by atoms with van der Waals surface area (Å²) in [5.74, 6) is -0.439. The van der Waals surface area contributed by atoms with Gasteiger partial charge in [0.1, 0.15) is 5.39 Å². The molecule has 0 bridgehead atoms. The van der Waals surface area contributed by atoms with Gasteiger partial charge < -0.3 is 0 Å². The van der Waals surface area contributed by atoms with Crippen molar-refractivity contribution in [3.8, 4) is 33.4 Å². The normalized spacial score (nSPS) is 12.8. The molecule has 42 heavy (non-hydrogen) atoms. The third-order valence-corrected chi connectivity index (χ3v) is 8.31. The van der Waals surface area contributed by atoms with Crippen LogP contribution in [0.3, 0.4) is 0 Å². The van der Waals surface area contributed by atoms with Crippen LogP contribution in [0, 0.1) is 20.2 Å². The van der Waals surface area contributed by atoms with Crippen LogP contribution in [0.15, 0.2) is 97.1 Å². The molecule has 0 radical (unpaired) electrons. The van der Waals surface area contributed by atoms with Gasteiger partial charge in [-0.2, -0.15) is 0 Å². The summed E-state index contributed by atoms with van der Waals surface area (Å²) in [7, 11) is 0. The number of non-ortho nitro benzene ring substituents is 1. The maximum absolute atomic E-state index is 13.5. The van der Waals surface area contributed by atoms with Crippen molar-refractivity contribution in [2.75, 3.05) is 0 Å². The molecule has 0 atom stereocenters. The van der Waals surface area contributed by atoms with E-state index < -0.39 is 21.2 Å². The van der Waals surface area contributed by atoms with Gasteiger partial charge in [0, 0.05) is 39.1 Å². The van der Waals surface area contributed by atoms with Crippen LogP contribution in [0.2, 0.25) is 0 Å². The fraction of sp³-hybridized carbons (Fsp3) is 0. The fourth-order valence-electron chi connectivity index (χ4n) is 6.60. The van der Waals surface area contributed by atoms with Gasteiger partial charge in [-0.25, -0.2) is 0 Å². The maximum Gasteiger partial charge on any atom is 0.291 e. The molecule has 6 aromatic carbocycles. The zero-order valence-electron chi connectivity index (χ0n) is 21.6. The molecule has 0 unspecified atom stereocenters. The Morgan fingerprint density at radius 3 is 1.64 bits per heavy atom. The van der Waals surface area contributed by atoms with Crippen LogP contribution in [0.1, 0.15) is 31.8 Å². The van der Waals surface area contributed by atoms with Crippen molar-refractivity contribution in [1.29, 1.82) is 0 Å². The largest absolute Gasteiger partial charge is 0.291 e. The first kappa shape index (κ1) is 23.8. The Balaban J connectivity index is 1.56. The van der Waals surface area contributed by atoms with Gasteiger partial charge in [0.2, 0.25) is 0 Å². The van der Waals surface area contributed by atoms with Crippen LogP contribution in [-0.2, 0) is 0 Å². The summed E-state index contributed by atoms with van der Waals surface area (Å²) in [6.07, 6.45) is 0. The van der Waals surface area contributed by atoms with Gasteiger partial charge in [-0.3, -0.25) is 29.8 Å². The predicted molar refractivity (Wildman–Crippen MR) is 158 cm³/mol. The monoisotopic (exact) mass is 548 g/mol. The van der Waals surface area contributed by atoms with Crippen molar-refractivity contribution in [3.63, 3.8) is 0 Å². The highest BCUT2D eigenvalue weighted by molar-refractivity contribution is 6.30. The number of carbonyl (C=O) groups excluding carboxylic acids is 2. The fourth-order valence-corrected chi connectivity index (χ4v) is 6.60. The van der Waals surface area contributed by atoms with Crippen LogP contribution < -0.4 is 0 Å². The van der Waals surface area contributed by atoms with E-state index in [1.807, 2.05) is 24.3 Å². The highest BCUT2D eigenvalue weighted by atomic mass is 16.6. The van der Waals surface area contributed by atoms with E-state index in [1.54, 1.807) is 60.7 Å². The standard InChI is InChI=1S/C34H16N2O6/c37-33-21-9-3-1-7-19(21)26-15-18(14-17-6-5-11-23(33)29(17)26)25-16-27-20-8-2-4-10-22(20)34(38)24-12-13-28(35(39)40)31(30(24)27)32(25)36(41)42/h1-16H. The Kier molecular flexibility index (Phi) is 4.68. The number of hydrogen-bond acceptors (Lipinski definition) is 6. The Labute approximate surface area is 236 Å². The zero-order valence-corrected chi connectivity index (χ0v) is 21.6. The van der Waals surface area contributed by atoms with Crippen molar-refractivity contribution in [2.45, 2.75) is 0 Å². The minimum Gasteiger partial charge on any atom is -0.289 e. The second-order valence-electron chi connectivity index (χ2n) is 10.4. The number of benzene rings is 6. The first-order chi connectivity index (χ1) is 20.3. The molecular formula is C34H16N2O6. The molecule has 0 amide bonds. The SMILES string of the molecule is O=C1c2ccccc2-c2cc(-c3cc4c5c(ccc([N+](=O)[O-])c5c3[N+](=O)[O-])C(=O)c3ccccc3-4)cc3cccc1c23. The van der Waals surface area contributed by atoms with Crippen LogP contribution in [0.25, 0.3) is 54.9 Å². The molecule has 0 fully saturated rings. The molecule has 0 aromatic heterocycles. The van der Waals surface area contributed by atoms with E-state index in [0.29, 0.717) is 44.3 Å². The molecule has 2 aliphatic carbocycles. The van der Waals surface area contributed by atoms with E-state index in [9.17, 15) is 29.8 Å². The summed E-state index contributed by atoms with van der Waals surface area (Å²) < 4.78 is 0. The Morgan fingerprint density at radius 2 is 1.02 bits per heavy atom. The van der Waals surface area contributed by atoms with Gasteiger partial charge in [0.15, 0.2) is 11.6 Å². The molecule has 0 spiro atoms. The van der Waals surface area contributed by atoms with Gasteiger partial charge >= 0.3 is 0 Å². The van der Waals surface area contributed by atoms with E-state index in [2.05, 4.69) is 0 Å². The van der Waals surface area contributed by atoms with Crippen LogP contribution in [0.5, 0.6) is 0 Å². The zero-order chi connectivity index (χ0) is 28.9. The van der Waals surface area contributed by atoms with Crippen LogP contribution >= 0.6 is 0 Å². The van der Waals surface area contributed by atoms with Crippen molar-refractivity contribution in [1.82, 2.24) is 0 Å². The number of nitro benzene ring substituents is 2. The smallest absolute Gasteiger partial charge is 0.289 e. The molecule has 2 aliphatic rings. The van der Waals surface area contributed by atoms with E-state index in [0.717, 1.165) is 10.9 Å². The quantitative estimate of drug-likeness (QED) is 0.163. The third-order valence-electron chi connectivity index (χ3n) is 8.31. The minimum absolute atomic E-state index is 0.0954. The second kappa shape index (κ2) is 8.25. The molecule has 0 aliphatic heterocycles. The Morgan fingerprint density at radius 1 is 0.452 bits per heavy atom. The van der Waals surface area contributed by atoms with Gasteiger partial charge in [-0.05, 0) is 57.5 Å². The Bertz CT molecular complexity index is 2300. The summed E-state index contributed by atoms with van der Waals surface area (Å²) in [6.45, 7) is 0. The molecular weight excluding hydrogens is 532 g/mol. The summed E-state index contributed by atoms with van der Waals surface area (Å²) in [6, 6.07) is 27.3. The first-order valence-corrected chi connectivity index (χ1v) is 13.1. The van der Waals surface area contributed by atoms with Crippen molar-refractivity contribution >= 4 is 44.5 Å². The molecule has 8 rings (SSSR count). The lowest BCUT2D eigenvalue weighted by atomic mass is 9.78. The minimum atomic E-state index is -0.650. The lowest BCUT2D eigenvalue weighted by Crippen LogP contribution is -2.12. The summed E-state index contributed by atoms with van der Waals surface area (Å²) in [5.41, 5.74) is 3.96. The van der Waals surface area contributed by atoms with E-state index in [4.69, 9.17) is 0 Å². The number of fused-ring (bicyclic) bond motifs is 4. The van der Waals surface area contributed by atoms with Gasteiger partial charge in [0.25, 0.3) is 11.4 Å². The van der Waals surface area contributed by atoms with E-state index in [-0.39, 0.29) is 33.5 Å². The molecule has 8 nitrogen and oxygen atoms in total. The van der Waals surface area contributed by atoms with Crippen molar-refractivity contribution in [3.05, 3.63) is 140 Å². The highest BCUT2D eigenvalue weighted by Gasteiger charge is 2.36. The molecule has 8 heteroatoms. The highest BCUT2D eigenvalue weighted by Crippen LogP contribution is 2.51. The summed E-state index contributed by atoms with van der Waals surface area (Å²) >= 11 is 0. The number of nitrogens with zero attached hydrogens (tertiary/aromatic N) is 2. The average Bonchev–Trinajstić information content (AvgIpc) is 3.01. The lowest BCUT2D eigenvalue weighted by Gasteiger charge is -2.23. The molecule has 0 saturated heterocycles. The number of hydrogen-bond donors (Lipinski definition) is 0. The average molecular weight is 549 g/mol. The lowest BCUT2D eigenvalue weighted by molar-refractivity contribution is -0.389. The van der Waals surface area contributed by atoms with Crippen molar-refractivity contribution in [2.24, 2.45) is 0 Å². The number of rotatable bonds is 3. The molecule has 198 valence electrons. The van der Waals surface area contributed by atoms with Crippen molar-refractivity contribution < 1.29 is 19.4 Å². The predicted octanol–water partition coefficient (Wildman–Crippen LogP) is 7.90. The molecule has 0 heterocycles. The molecule has 0 N–H and O–H groups in total. The molecule has 0 saturated carbocycles. The molecule has 6 aromatic rings. The van der Waals surface area contributed by atoms with Crippen LogP contribution in [-0.4, -0.2) is 21.4 Å². The second-order valence-corrected chi connectivity index (χ2v) is 10.4. The van der Waals surface area contributed by atoms with Gasteiger partial charge in [0.05, 0.1) is 15.4 Å². The Hall–Kier alpha value is -6.02.